The van der Waals surface area contributed by atoms with Gasteiger partial charge in [-0.25, -0.2) is 4.68 Å². The fourth-order valence-electron chi connectivity index (χ4n) is 4.66. The van der Waals surface area contributed by atoms with E-state index >= 15 is 0 Å². The molecular weight excluding hydrogens is 364 g/mol. The molecular formula is C22H26N6O. The molecule has 4 heterocycles. The zero-order valence-corrected chi connectivity index (χ0v) is 16.8. The highest BCUT2D eigenvalue weighted by Crippen LogP contribution is 2.23. The van der Waals surface area contributed by atoms with E-state index in [-0.39, 0.29) is 5.91 Å². The van der Waals surface area contributed by atoms with E-state index in [4.69, 9.17) is 0 Å². The van der Waals surface area contributed by atoms with Crippen LogP contribution in [-0.4, -0.2) is 67.9 Å². The number of pyridine rings is 1. The molecule has 29 heavy (non-hydrogen) atoms. The summed E-state index contributed by atoms with van der Waals surface area (Å²) in [6.07, 6.45) is 6.51. The minimum atomic E-state index is -0.00363. The van der Waals surface area contributed by atoms with Crippen LogP contribution in [-0.2, 0) is 0 Å². The van der Waals surface area contributed by atoms with Crippen molar-refractivity contribution in [3.8, 4) is 5.69 Å². The second-order valence-corrected chi connectivity index (χ2v) is 8.08. The van der Waals surface area contributed by atoms with Crippen LogP contribution in [0.15, 0.2) is 36.5 Å². The molecule has 2 saturated heterocycles. The zero-order chi connectivity index (χ0) is 19.8. The third-order valence-electron chi connectivity index (χ3n) is 6.34. The molecule has 7 nitrogen and oxygen atoms in total. The van der Waals surface area contributed by atoms with Crippen molar-refractivity contribution in [3.63, 3.8) is 0 Å². The van der Waals surface area contributed by atoms with Crippen LogP contribution in [0, 0.1) is 6.92 Å². The number of nitrogens with zero attached hydrogens (tertiary/aromatic N) is 6. The molecule has 2 aromatic heterocycles. The SMILES string of the molecule is Cc1c(C(=O)N2CCC(N3CCCC3)CC2)nnn1-c1ccc2ncccc2c1. The van der Waals surface area contributed by atoms with Crippen molar-refractivity contribution in [2.45, 2.75) is 38.6 Å². The van der Waals surface area contributed by atoms with Gasteiger partial charge in [-0.05, 0) is 70.0 Å². The van der Waals surface area contributed by atoms with Crippen LogP contribution in [0.1, 0.15) is 41.9 Å². The van der Waals surface area contributed by atoms with Gasteiger partial charge in [-0.3, -0.25) is 9.78 Å². The molecule has 5 rings (SSSR count). The van der Waals surface area contributed by atoms with E-state index in [2.05, 4.69) is 20.2 Å². The molecule has 0 radical (unpaired) electrons. The Bertz CT molecular complexity index is 1030. The van der Waals surface area contributed by atoms with Gasteiger partial charge in [-0.15, -0.1) is 5.10 Å². The van der Waals surface area contributed by atoms with Crippen LogP contribution in [0.25, 0.3) is 16.6 Å². The fourth-order valence-corrected chi connectivity index (χ4v) is 4.66. The Hall–Kier alpha value is -2.80. The van der Waals surface area contributed by atoms with Gasteiger partial charge in [0, 0.05) is 30.7 Å². The molecule has 0 aliphatic carbocycles. The first-order chi connectivity index (χ1) is 14.2. The monoisotopic (exact) mass is 390 g/mol. The number of aromatic nitrogens is 4. The van der Waals surface area contributed by atoms with Crippen LogP contribution < -0.4 is 0 Å². The summed E-state index contributed by atoms with van der Waals surface area (Å²) in [6, 6.07) is 10.5. The van der Waals surface area contributed by atoms with Gasteiger partial charge in [0.25, 0.3) is 5.91 Å². The third-order valence-corrected chi connectivity index (χ3v) is 6.34. The Kier molecular flexibility index (Phi) is 4.75. The lowest BCUT2D eigenvalue weighted by molar-refractivity contribution is 0.0638. The molecule has 2 fully saturated rings. The highest BCUT2D eigenvalue weighted by molar-refractivity contribution is 5.93. The van der Waals surface area contributed by atoms with Crippen molar-refractivity contribution >= 4 is 16.8 Å². The number of hydrogen-bond acceptors (Lipinski definition) is 5. The molecule has 2 aliphatic heterocycles. The number of likely N-dealkylation sites (tertiary alicyclic amines) is 2. The highest BCUT2D eigenvalue weighted by Gasteiger charge is 2.30. The van der Waals surface area contributed by atoms with E-state index in [9.17, 15) is 4.79 Å². The Morgan fingerprint density at radius 3 is 2.66 bits per heavy atom. The first-order valence-corrected chi connectivity index (χ1v) is 10.5. The number of carbonyl (C=O) groups excluding carboxylic acids is 1. The summed E-state index contributed by atoms with van der Waals surface area (Å²) in [7, 11) is 0. The number of carbonyl (C=O) groups is 1. The second-order valence-electron chi connectivity index (χ2n) is 8.08. The van der Waals surface area contributed by atoms with Gasteiger partial charge >= 0.3 is 0 Å². The minimum absolute atomic E-state index is 0.00363. The Morgan fingerprint density at radius 1 is 1.07 bits per heavy atom. The van der Waals surface area contributed by atoms with Crippen LogP contribution >= 0.6 is 0 Å². The summed E-state index contributed by atoms with van der Waals surface area (Å²) in [4.78, 5) is 22.0. The number of piperidine rings is 1. The Labute approximate surface area is 170 Å². The first kappa shape index (κ1) is 18.2. The molecule has 150 valence electrons. The van der Waals surface area contributed by atoms with Gasteiger partial charge in [-0.2, -0.15) is 0 Å². The highest BCUT2D eigenvalue weighted by atomic mass is 16.2. The maximum absolute atomic E-state index is 13.1. The standard InChI is InChI=1S/C22H26N6O/c1-16-21(22(29)27-13-8-18(9-14-27)26-11-2-3-12-26)24-25-28(16)19-6-7-20-17(15-19)5-4-10-23-20/h4-7,10,15,18H,2-3,8-9,11-14H2,1H3. The number of amides is 1. The van der Waals surface area contributed by atoms with Crippen LogP contribution in [0.3, 0.4) is 0 Å². The van der Waals surface area contributed by atoms with Crippen LogP contribution in [0.2, 0.25) is 0 Å². The van der Waals surface area contributed by atoms with Crippen molar-refractivity contribution in [1.82, 2.24) is 29.8 Å². The summed E-state index contributed by atoms with van der Waals surface area (Å²) in [5, 5.41) is 9.56. The molecule has 1 amide bonds. The predicted molar refractivity (Wildman–Crippen MR) is 111 cm³/mol. The number of benzene rings is 1. The van der Waals surface area contributed by atoms with Crippen molar-refractivity contribution in [1.29, 1.82) is 0 Å². The maximum Gasteiger partial charge on any atom is 0.276 e. The van der Waals surface area contributed by atoms with Crippen LogP contribution in [0.4, 0.5) is 0 Å². The molecule has 0 bridgehead atoms. The smallest absolute Gasteiger partial charge is 0.276 e. The average Bonchev–Trinajstić information content (AvgIpc) is 3.43. The molecule has 0 atom stereocenters. The molecule has 1 aromatic carbocycles. The van der Waals surface area contributed by atoms with E-state index in [0.29, 0.717) is 11.7 Å². The topological polar surface area (TPSA) is 67.2 Å². The quantitative estimate of drug-likeness (QED) is 0.688. The maximum atomic E-state index is 13.1. The van der Waals surface area contributed by atoms with E-state index in [1.807, 2.05) is 42.2 Å². The summed E-state index contributed by atoms with van der Waals surface area (Å²) in [5.74, 6) is -0.00363. The second kappa shape index (κ2) is 7.55. The van der Waals surface area contributed by atoms with E-state index in [0.717, 1.165) is 48.2 Å². The van der Waals surface area contributed by atoms with Gasteiger partial charge in [0.1, 0.15) is 0 Å². The molecule has 0 spiro atoms. The Balaban J connectivity index is 1.33. The molecule has 0 unspecified atom stereocenters. The van der Waals surface area contributed by atoms with E-state index in [1.54, 1.807) is 10.9 Å². The van der Waals surface area contributed by atoms with Crippen molar-refractivity contribution in [2.24, 2.45) is 0 Å². The van der Waals surface area contributed by atoms with E-state index in [1.165, 1.54) is 25.9 Å². The van der Waals surface area contributed by atoms with E-state index < -0.39 is 0 Å². The molecule has 0 N–H and O–H groups in total. The summed E-state index contributed by atoms with van der Waals surface area (Å²) in [5.41, 5.74) is 3.06. The lowest BCUT2D eigenvalue weighted by Gasteiger charge is -2.36. The van der Waals surface area contributed by atoms with Crippen molar-refractivity contribution < 1.29 is 4.79 Å². The molecule has 2 aliphatic rings. The number of fused-ring (bicyclic) bond motifs is 1. The minimum Gasteiger partial charge on any atom is -0.337 e. The molecule has 0 saturated carbocycles. The van der Waals surface area contributed by atoms with Gasteiger partial charge in [0.05, 0.1) is 16.9 Å². The van der Waals surface area contributed by atoms with Gasteiger partial charge < -0.3 is 9.80 Å². The molecule has 7 heteroatoms. The zero-order valence-electron chi connectivity index (χ0n) is 16.8. The first-order valence-electron chi connectivity index (χ1n) is 10.5. The van der Waals surface area contributed by atoms with Gasteiger partial charge in [0.15, 0.2) is 5.69 Å². The molecule has 3 aromatic rings. The summed E-state index contributed by atoms with van der Waals surface area (Å²) >= 11 is 0. The summed E-state index contributed by atoms with van der Waals surface area (Å²) < 4.78 is 1.75. The van der Waals surface area contributed by atoms with Crippen molar-refractivity contribution in [2.75, 3.05) is 26.2 Å². The van der Waals surface area contributed by atoms with Gasteiger partial charge in [0.2, 0.25) is 0 Å². The van der Waals surface area contributed by atoms with Crippen molar-refractivity contribution in [3.05, 3.63) is 47.9 Å². The normalized spacial score (nSPS) is 18.6. The average molecular weight is 390 g/mol. The fraction of sp³-hybridized carbons (Fsp3) is 0.455. The summed E-state index contributed by atoms with van der Waals surface area (Å²) in [6.45, 7) is 5.94. The lowest BCUT2D eigenvalue weighted by atomic mass is 10.0. The number of hydrogen-bond donors (Lipinski definition) is 0. The van der Waals surface area contributed by atoms with Gasteiger partial charge in [-0.1, -0.05) is 11.3 Å². The third kappa shape index (κ3) is 3.40. The largest absolute Gasteiger partial charge is 0.337 e. The van der Waals surface area contributed by atoms with Crippen LogP contribution in [0.5, 0.6) is 0 Å². The Morgan fingerprint density at radius 2 is 1.86 bits per heavy atom. The number of rotatable bonds is 3. The lowest BCUT2D eigenvalue weighted by Crippen LogP contribution is -2.46. The predicted octanol–water partition coefficient (Wildman–Crippen LogP) is 2.82.